The minimum atomic E-state index is -0.0543. The number of nitrogens with zero attached hydrogens (tertiary/aromatic N) is 2. The molecule has 1 aliphatic heterocycles. The molecule has 0 saturated carbocycles. The van der Waals surface area contributed by atoms with Crippen molar-refractivity contribution in [2.45, 2.75) is 6.54 Å². The van der Waals surface area contributed by atoms with Crippen molar-refractivity contribution < 1.29 is 4.74 Å². The van der Waals surface area contributed by atoms with Crippen molar-refractivity contribution in [1.29, 1.82) is 0 Å². The lowest BCUT2D eigenvalue weighted by Crippen LogP contribution is -2.17. The summed E-state index contributed by atoms with van der Waals surface area (Å²) in [6, 6.07) is 11.6. The molecule has 0 unspecified atom stereocenters. The van der Waals surface area contributed by atoms with Crippen molar-refractivity contribution >= 4 is 0 Å². The van der Waals surface area contributed by atoms with Gasteiger partial charge in [0.15, 0.2) is 0 Å². The zero-order valence-corrected chi connectivity index (χ0v) is 8.59. The van der Waals surface area contributed by atoms with Gasteiger partial charge in [0.2, 0.25) is 0 Å². The van der Waals surface area contributed by atoms with E-state index in [4.69, 9.17) is 4.74 Å². The summed E-state index contributed by atoms with van der Waals surface area (Å²) in [7, 11) is 0. The van der Waals surface area contributed by atoms with Crippen LogP contribution in [-0.4, -0.2) is 16.2 Å². The minimum Gasteiger partial charge on any atom is -0.463 e. The van der Waals surface area contributed by atoms with E-state index in [0.29, 0.717) is 24.9 Å². The third kappa shape index (κ3) is 1.39. The summed E-state index contributed by atoms with van der Waals surface area (Å²) in [5.41, 5.74) is 1.54. The molecule has 0 N–H and O–H groups in total. The minimum absolute atomic E-state index is 0.0543. The maximum atomic E-state index is 11.7. The first-order chi connectivity index (χ1) is 7.84. The normalized spacial score (nSPS) is 13.2. The first kappa shape index (κ1) is 9.15. The molecular formula is C12H10N2O2. The predicted octanol–water partition coefficient (Wildman–Crippen LogP) is 1.30. The number of hydrogen-bond acceptors (Lipinski definition) is 3. The fourth-order valence-electron chi connectivity index (χ4n) is 1.79. The number of hydrogen-bond donors (Lipinski definition) is 0. The smallest absolute Gasteiger partial charge is 0.299 e. The second-order valence-corrected chi connectivity index (χ2v) is 3.63. The Hall–Kier alpha value is -2.10. The van der Waals surface area contributed by atoms with Crippen molar-refractivity contribution in [1.82, 2.24) is 9.55 Å². The van der Waals surface area contributed by atoms with Crippen LogP contribution >= 0.6 is 0 Å². The van der Waals surface area contributed by atoms with Crippen LogP contribution in [0.5, 0.6) is 6.01 Å². The van der Waals surface area contributed by atoms with Crippen molar-refractivity contribution in [2.24, 2.45) is 0 Å². The quantitative estimate of drug-likeness (QED) is 0.718. The van der Waals surface area contributed by atoms with Gasteiger partial charge < -0.3 is 4.74 Å². The highest BCUT2D eigenvalue weighted by Gasteiger charge is 2.15. The SMILES string of the molecule is O=c1cc(-c2ccccc2)nc2n1CCO2. The highest BCUT2D eigenvalue weighted by Crippen LogP contribution is 2.19. The number of fused-ring (bicyclic) bond motifs is 1. The van der Waals surface area contributed by atoms with Crippen LogP contribution in [-0.2, 0) is 6.54 Å². The Morgan fingerprint density at radius 2 is 2.06 bits per heavy atom. The monoisotopic (exact) mass is 214 g/mol. The standard InChI is InChI=1S/C12H10N2O2/c15-11-8-10(9-4-2-1-3-5-9)13-12-14(11)6-7-16-12/h1-5,8H,6-7H2. The second-order valence-electron chi connectivity index (χ2n) is 3.63. The van der Waals surface area contributed by atoms with E-state index in [1.807, 2.05) is 30.3 Å². The Morgan fingerprint density at radius 1 is 1.25 bits per heavy atom. The fourth-order valence-corrected chi connectivity index (χ4v) is 1.79. The van der Waals surface area contributed by atoms with Gasteiger partial charge in [-0.2, -0.15) is 4.98 Å². The Morgan fingerprint density at radius 3 is 2.88 bits per heavy atom. The molecule has 1 aliphatic rings. The number of rotatable bonds is 1. The van der Waals surface area contributed by atoms with E-state index in [-0.39, 0.29) is 5.56 Å². The largest absolute Gasteiger partial charge is 0.463 e. The number of ether oxygens (including phenoxy) is 1. The molecule has 1 aromatic carbocycles. The third-order valence-corrected chi connectivity index (χ3v) is 2.59. The molecule has 0 bridgehead atoms. The van der Waals surface area contributed by atoms with E-state index in [2.05, 4.69) is 4.98 Å². The molecule has 3 rings (SSSR count). The maximum absolute atomic E-state index is 11.7. The van der Waals surface area contributed by atoms with Gasteiger partial charge in [0, 0.05) is 11.6 Å². The van der Waals surface area contributed by atoms with Crippen LogP contribution in [0, 0.1) is 0 Å². The molecule has 0 atom stereocenters. The van der Waals surface area contributed by atoms with Crippen LogP contribution in [0.2, 0.25) is 0 Å². The first-order valence-electron chi connectivity index (χ1n) is 5.15. The lowest BCUT2D eigenvalue weighted by atomic mass is 10.1. The van der Waals surface area contributed by atoms with Crippen LogP contribution in [0.25, 0.3) is 11.3 Å². The molecule has 2 heterocycles. The molecule has 80 valence electrons. The molecule has 1 aromatic heterocycles. The molecule has 2 aromatic rings. The van der Waals surface area contributed by atoms with E-state index >= 15 is 0 Å². The van der Waals surface area contributed by atoms with Crippen LogP contribution in [0.1, 0.15) is 0 Å². The fraction of sp³-hybridized carbons (Fsp3) is 0.167. The molecular weight excluding hydrogens is 204 g/mol. The lowest BCUT2D eigenvalue weighted by Gasteiger charge is -2.03. The zero-order valence-electron chi connectivity index (χ0n) is 8.59. The average Bonchev–Trinajstić information content (AvgIpc) is 2.79. The van der Waals surface area contributed by atoms with Crippen molar-refractivity contribution in [3.8, 4) is 17.3 Å². The van der Waals surface area contributed by atoms with Crippen LogP contribution in [0.4, 0.5) is 0 Å². The van der Waals surface area contributed by atoms with Gasteiger partial charge in [-0.15, -0.1) is 0 Å². The van der Waals surface area contributed by atoms with Gasteiger partial charge in [-0.25, -0.2) is 0 Å². The summed E-state index contributed by atoms with van der Waals surface area (Å²) in [5, 5.41) is 0. The number of aromatic nitrogens is 2. The van der Waals surface area contributed by atoms with Gasteiger partial charge in [-0.1, -0.05) is 30.3 Å². The van der Waals surface area contributed by atoms with E-state index in [9.17, 15) is 4.79 Å². The molecule has 0 spiro atoms. The highest BCUT2D eigenvalue weighted by molar-refractivity contribution is 5.58. The summed E-state index contributed by atoms with van der Waals surface area (Å²) in [4.78, 5) is 16.1. The lowest BCUT2D eigenvalue weighted by molar-refractivity contribution is 0.345. The summed E-state index contributed by atoms with van der Waals surface area (Å²) >= 11 is 0. The Labute approximate surface area is 92.1 Å². The number of benzene rings is 1. The molecule has 0 aliphatic carbocycles. The van der Waals surface area contributed by atoms with Crippen molar-refractivity contribution in [3.63, 3.8) is 0 Å². The maximum Gasteiger partial charge on any atom is 0.299 e. The van der Waals surface area contributed by atoms with Crippen molar-refractivity contribution in [3.05, 3.63) is 46.8 Å². The highest BCUT2D eigenvalue weighted by atomic mass is 16.5. The van der Waals surface area contributed by atoms with Crippen LogP contribution in [0.15, 0.2) is 41.2 Å². The molecule has 4 nitrogen and oxygen atoms in total. The summed E-state index contributed by atoms with van der Waals surface area (Å²) in [5.74, 6) is 0. The summed E-state index contributed by atoms with van der Waals surface area (Å²) in [6.45, 7) is 1.12. The molecule has 0 fully saturated rings. The summed E-state index contributed by atoms with van der Waals surface area (Å²) in [6.07, 6.45) is 0. The van der Waals surface area contributed by atoms with Crippen molar-refractivity contribution in [2.75, 3.05) is 6.61 Å². The van der Waals surface area contributed by atoms with Crippen LogP contribution < -0.4 is 10.3 Å². The first-order valence-corrected chi connectivity index (χ1v) is 5.15. The van der Waals surface area contributed by atoms with E-state index < -0.39 is 0 Å². The predicted molar refractivity (Wildman–Crippen MR) is 59.4 cm³/mol. The van der Waals surface area contributed by atoms with Gasteiger partial charge >= 0.3 is 0 Å². The topological polar surface area (TPSA) is 44.1 Å². The van der Waals surface area contributed by atoms with E-state index in [0.717, 1.165) is 5.56 Å². The molecule has 0 saturated heterocycles. The molecule has 16 heavy (non-hydrogen) atoms. The molecule has 0 radical (unpaired) electrons. The second kappa shape index (κ2) is 3.48. The molecule has 0 amide bonds. The van der Waals surface area contributed by atoms with Gasteiger partial charge in [0.1, 0.15) is 6.61 Å². The average molecular weight is 214 g/mol. The summed E-state index contributed by atoms with van der Waals surface area (Å²) < 4.78 is 6.84. The third-order valence-electron chi connectivity index (χ3n) is 2.59. The van der Waals surface area contributed by atoms with Crippen LogP contribution in [0.3, 0.4) is 0 Å². The Balaban J connectivity index is 2.17. The molecule has 4 heteroatoms. The Bertz CT molecular complexity index is 575. The van der Waals surface area contributed by atoms with Gasteiger partial charge in [-0.3, -0.25) is 9.36 Å². The van der Waals surface area contributed by atoms with Gasteiger partial charge in [0.05, 0.1) is 12.2 Å². The van der Waals surface area contributed by atoms with E-state index in [1.165, 1.54) is 0 Å². The Kier molecular flexibility index (Phi) is 1.99. The van der Waals surface area contributed by atoms with Gasteiger partial charge in [0.25, 0.3) is 11.6 Å². The van der Waals surface area contributed by atoms with E-state index in [1.54, 1.807) is 10.6 Å². The zero-order chi connectivity index (χ0) is 11.0. The van der Waals surface area contributed by atoms with Gasteiger partial charge in [-0.05, 0) is 0 Å².